The summed E-state index contributed by atoms with van der Waals surface area (Å²) in [6.07, 6.45) is 1.85. The molecular formula is C26H27ClN2O5S. The number of ether oxygens (including phenoxy) is 1. The van der Waals surface area contributed by atoms with Gasteiger partial charge in [0.2, 0.25) is 15.9 Å². The summed E-state index contributed by atoms with van der Waals surface area (Å²) in [5.74, 6) is -0.973. The number of nitrogens with one attached hydrogen (secondary N) is 2. The average molecular weight is 515 g/mol. The van der Waals surface area contributed by atoms with Crippen LogP contribution in [0.2, 0.25) is 5.02 Å². The molecule has 3 aromatic carbocycles. The van der Waals surface area contributed by atoms with Gasteiger partial charge in [0.25, 0.3) is 0 Å². The number of esters is 1. The van der Waals surface area contributed by atoms with Gasteiger partial charge < -0.3 is 10.1 Å². The minimum Gasteiger partial charge on any atom is -0.462 e. The highest BCUT2D eigenvalue weighted by Crippen LogP contribution is 2.17. The number of unbranched alkanes of at least 4 members (excludes halogenated alkanes) is 1. The first-order chi connectivity index (χ1) is 16.8. The van der Waals surface area contributed by atoms with E-state index in [-0.39, 0.29) is 11.3 Å². The van der Waals surface area contributed by atoms with Crippen LogP contribution in [0.25, 0.3) is 0 Å². The highest BCUT2D eigenvalue weighted by Gasteiger charge is 2.26. The van der Waals surface area contributed by atoms with Gasteiger partial charge in [-0.25, -0.2) is 13.2 Å². The number of halogens is 1. The van der Waals surface area contributed by atoms with E-state index < -0.39 is 27.9 Å². The van der Waals surface area contributed by atoms with Crippen molar-refractivity contribution in [2.75, 3.05) is 11.9 Å². The van der Waals surface area contributed by atoms with Crippen molar-refractivity contribution < 1.29 is 22.7 Å². The third-order valence-electron chi connectivity index (χ3n) is 5.14. The van der Waals surface area contributed by atoms with Crippen molar-refractivity contribution in [1.82, 2.24) is 4.72 Å². The summed E-state index contributed by atoms with van der Waals surface area (Å²) in [5, 5.41) is 3.13. The van der Waals surface area contributed by atoms with Gasteiger partial charge >= 0.3 is 5.97 Å². The van der Waals surface area contributed by atoms with Crippen LogP contribution in [0.15, 0.2) is 83.8 Å². The fraction of sp³-hybridized carbons (Fsp3) is 0.231. The number of sulfonamides is 1. The zero-order valence-corrected chi connectivity index (χ0v) is 20.8. The fourth-order valence-corrected chi connectivity index (χ4v) is 4.54. The Morgan fingerprint density at radius 2 is 1.60 bits per heavy atom. The molecule has 7 nitrogen and oxygen atoms in total. The lowest BCUT2D eigenvalue weighted by molar-refractivity contribution is -0.117. The Balaban J connectivity index is 1.75. The first kappa shape index (κ1) is 26.4. The lowest BCUT2D eigenvalue weighted by Crippen LogP contribution is -2.45. The molecule has 0 unspecified atom stereocenters. The summed E-state index contributed by atoms with van der Waals surface area (Å²) in [5.41, 5.74) is 1.57. The van der Waals surface area contributed by atoms with E-state index in [2.05, 4.69) is 10.0 Å². The normalized spacial score (nSPS) is 12.1. The Morgan fingerprint density at radius 3 is 2.23 bits per heavy atom. The monoisotopic (exact) mass is 514 g/mol. The SMILES string of the molecule is CCCCOC(=O)c1ccc(NC(=O)[C@@H](Cc2ccccc2)NS(=O)(=O)c2ccc(Cl)cc2)cc1. The molecule has 184 valence electrons. The van der Waals surface area contributed by atoms with Crippen LogP contribution in [0.3, 0.4) is 0 Å². The number of anilines is 1. The predicted molar refractivity (Wildman–Crippen MR) is 136 cm³/mol. The Labute approximate surface area is 210 Å². The standard InChI is InChI=1S/C26H27ClN2O5S/c1-2-3-17-34-26(31)20-9-13-22(14-10-20)28-25(30)24(18-19-7-5-4-6-8-19)29-35(32,33)23-15-11-21(27)12-16-23/h4-16,24,29H,2-3,17-18H2,1H3,(H,28,30)/t24-/m1/s1. The molecule has 0 aliphatic carbocycles. The predicted octanol–water partition coefficient (Wildman–Crippen LogP) is 4.83. The molecule has 35 heavy (non-hydrogen) atoms. The van der Waals surface area contributed by atoms with Crippen LogP contribution in [-0.2, 0) is 26.0 Å². The van der Waals surface area contributed by atoms with E-state index >= 15 is 0 Å². The molecule has 0 heterocycles. The second-order valence-electron chi connectivity index (χ2n) is 7.87. The van der Waals surface area contributed by atoms with E-state index in [4.69, 9.17) is 16.3 Å². The second-order valence-corrected chi connectivity index (χ2v) is 10.0. The third-order valence-corrected chi connectivity index (χ3v) is 6.88. The number of amides is 1. The number of hydrogen-bond donors (Lipinski definition) is 2. The van der Waals surface area contributed by atoms with Crippen molar-refractivity contribution in [3.8, 4) is 0 Å². The first-order valence-electron chi connectivity index (χ1n) is 11.2. The van der Waals surface area contributed by atoms with Crippen LogP contribution in [-0.4, -0.2) is 32.9 Å². The van der Waals surface area contributed by atoms with Crippen molar-refractivity contribution in [2.45, 2.75) is 37.1 Å². The van der Waals surface area contributed by atoms with Gasteiger partial charge in [-0.1, -0.05) is 55.3 Å². The van der Waals surface area contributed by atoms with E-state index in [1.807, 2.05) is 37.3 Å². The van der Waals surface area contributed by atoms with E-state index in [0.717, 1.165) is 18.4 Å². The Hall–Kier alpha value is -3.20. The molecule has 1 amide bonds. The van der Waals surface area contributed by atoms with Crippen molar-refractivity contribution in [3.05, 3.63) is 95.0 Å². The van der Waals surface area contributed by atoms with E-state index in [1.54, 1.807) is 24.3 Å². The maximum atomic E-state index is 13.1. The van der Waals surface area contributed by atoms with Gasteiger partial charge in [-0.15, -0.1) is 0 Å². The molecule has 0 radical (unpaired) electrons. The molecule has 3 aromatic rings. The van der Waals surface area contributed by atoms with Crippen molar-refractivity contribution in [1.29, 1.82) is 0 Å². The average Bonchev–Trinajstić information content (AvgIpc) is 2.85. The van der Waals surface area contributed by atoms with E-state index in [9.17, 15) is 18.0 Å². The lowest BCUT2D eigenvalue weighted by atomic mass is 10.1. The van der Waals surface area contributed by atoms with Crippen molar-refractivity contribution in [3.63, 3.8) is 0 Å². The summed E-state index contributed by atoms with van der Waals surface area (Å²) in [6.45, 7) is 2.36. The van der Waals surface area contributed by atoms with Gasteiger partial charge in [0, 0.05) is 10.7 Å². The van der Waals surface area contributed by atoms with Crippen LogP contribution in [0.5, 0.6) is 0 Å². The summed E-state index contributed by atoms with van der Waals surface area (Å²) in [6, 6.07) is 19.9. The molecule has 0 saturated heterocycles. The number of hydrogen-bond acceptors (Lipinski definition) is 5. The first-order valence-corrected chi connectivity index (χ1v) is 13.0. The van der Waals surface area contributed by atoms with Crippen LogP contribution in [0.1, 0.15) is 35.7 Å². The lowest BCUT2D eigenvalue weighted by Gasteiger charge is -2.19. The Bertz CT molecular complexity index is 1230. The molecule has 0 fully saturated rings. The number of rotatable bonds is 11. The van der Waals surface area contributed by atoms with Gasteiger partial charge in [0.1, 0.15) is 6.04 Å². The molecule has 0 aliphatic heterocycles. The van der Waals surface area contributed by atoms with Gasteiger partial charge in [-0.3, -0.25) is 4.79 Å². The maximum absolute atomic E-state index is 13.1. The molecule has 3 rings (SSSR count). The van der Waals surface area contributed by atoms with Gasteiger partial charge in [-0.05, 0) is 66.9 Å². The summed E-state index contributed by atoms with van der Waals surface area (Å²) < 4.78 is 33.6. The molecule has 2 N–H and O–H groups in total. The smallest absolute Gasteiger partial charge is 0.338 e. The van der Waals surface area contributed by atoms with Gasteiger partial charge in [-0.2, -0.15) is 4.72 Å². The topological polar surface area (TPSA) is 102 Å². The molecule has 0 bridgehead atoms. The molecular weight excluding hydrogens is 488 g/mol. The minimum atomic E-state index is -3.99. The highest BCUT2D eigenvalue weighted by atomic mass is 35.5. The van der Waals surface area contributed by atoms with Gasteiger partial charge in [0.05, 0.1) is 17.1 Å². The molecule has 0 saturated carbocycles. The molecule has 0 spiro atoms. The van der Waals surface area contributed by atoms with E-state index in [0.29, 0.717) is 22.9 Å². The maximum Gasteiger partial charge on any atom is 0.338 e. The number of benzene rings is 3. The molecule has 9 heteroatoms. The molecule has 0 aliphatic rings. The summed E-state index contributed by atoms with van der Waals surface area (Å²) >= 11 is 5.87. The largest absolute Gasteiger partial charge is 0.462 e. The van der Waals surface area contributed by atoms with Crippen LogP contribution >= 0.6 is 11.6 Å². The quantitative estimate of drug-likeness (QED) is 0.282. The zero-order chi connectivity index (χ0) is 25.3. The minimum absolute atomic E-state index is 0.00120. The number of carbonyl (C=O) groups excluding carboxylic acids is 2. The highest BCUT2D eigenvalue weighted by molar-refractivity contribution is 7.89. The molecule has 0 aromatic heterocycles. The summed E-state index contributed by atoms with van der Waals surface area (Å²) in [7, 11) is -3.99. The summed E-state index contributed by atoms with van der Waals surface area (Å²) in [4.78, 5) is 25.2. The number of carbonyl (C=O) groups is 2. The third kappa shape index (κ3) is 7.92. The Kier molecular flexibility index (Phi) is 9.42. The Morgan fingerprint density at radius 1 is 0.943 bits per heavy atom. The molecule has 1 atom stereocenters. The second kappa shape index (κ2) is 12.5. The van der Waals surface area contributed by atoms with E-state index in [1.165, 1.54) is 24.3 Å². The van der Waals surface area contributed by atoms with Crippen molar-refractivity contribution >= 4 is 39.2 Å². The zero-order valence-electron chi connectivity index (χ0n) is 19.2. The fourth-order valence-electron chi connectivity index (χ4n) is 3.22. The van der Waals surface area contributed by atoms with Crippen LogP contribution < -0.4 is 10.0 Å². The van der Waals surface area contributed by atoms with Crippen LogP contribution in [0.4, 0.5) is 5.69 Å². The van der Waals surface area contributed by atoms with Gasteiger partial charge in [0.15, 0.2) is 0 Å². The van der Waals surface area contributed by atoms with Crippen molar-refractivity contribution in [2.24, 2.45) is 0 Å². The van der Waals surface area contributed by atoms with Crippen LogP contribution in [0, 0.1) is 0 Å².